The molecule has 0 atom stereocenters. The zero-order chi connectivity index (χ0) is 15.9. The van der Waals surface area contributed by atoms with Crippen molar-refractivity contribution in [3.8, 4) is 0 Å². The second-order valence-electron chi connectivity index (χ2n) is 6.01. The molecule has 4 heteroatoms. The third-order valence-electron chi connectivity index (χ3n) is 4.19. The molecular weight excluding hydrogens is 288 g/mol. The van der Waals surface area contributed by atoms with Crippen molar-refractivity contribution in [2.24, 2.45) is 4.99 Å². The van der Waals surface area contributed by atoms with Gasteiger partial charge in [-0.05, 0) is 30.5 Å². The van der Waals surface area contributed by atoms with Crippen LogP contribution in [0.2, 0.25) is 0 Å². The summed E-state index contributed by atoms with van der Waals surface area (Å²) in [5.41, 5.74) is 1.38. The van der Waals surface area contributed by atoms with Gasteiger partial charge < -0.3 is 9.15 Å². The summed E-state index contributed by atoms with van der Waals surface area (Å²) in [4.78, 5) is 7.19. The fraction of sp³-hybridized carbons (Fsp3) is 0.421. The van der Waals surface area contributed by atoms with E-state index in [9.17, 15) is 0 Å². The van der Waals surface area contributed by atoms with Crippen LogP contribution in [0.25, 0.3) is 0 Å². The van der Waals surface area contributed by atoms with E-state index in [4.69, 9.17) is 9.15 Å². The summed E-state index contributed by atoms with van der Waals surface area (Å²) >= 11 is 0. The highest BCUT2D eigenvalue weighted by atomic mass is 16.5. The first-order chi connectivity index (χ1) is 11.3. The Bertz CT molecular complexity index is 613. The fourth-order valence-electron chi connectivity index (χ4n) is 2.93. The molecule has 2 heterocycles. The largest absolute Gasteiger partial charge is 0.458 e. The molecule has 0 radical (unpaired) electrons. The predicted octanol–water partition coefficient (Wildman–Crippen LogP) is 3.51. The molecule has 3 rings (SSSR count). The van der Waals surface area contributed by atoms with E-state index in [-0.39, 0.29) is 0 Å². The normalized spacial score (nSPS) is 17.1. The van der Waals surface area contributed by atoms with E-state index in [0.29, 0.717) is 12.6 Å². The van der Waals surface area contributed by atoms with Crippen LogP contribution >= 0.6 is 0 Å². The molecule has 0 saturated carbocycles. The summed E-state index contributed by atoms with van der Waals surface area (Å²) in [6, 6.07) is 14.9. The Morgan fingerprint density at radius 3 is 2.70 bits per heavy atom. The van der Waals surface area contributed by atoms with Crippen LogP contribution in [0.15, 0.2) is 51.9 Å². The van der Waals surface area contributed by atoms with E-state index >= 15 is 0 Å². The van der Waals surface area contributed by atoms with Gasteiger partial charge in [0, 0.05) is 26.7 Å². The number of methoxy groups -OCH3 is 1. The molecule has 1 saturated heterocycles. The minimum atomic E-state index is 0.401. The molecule has 1 aromatic carbocycles. The van der Waals surface area contributed by atoms with Gasteiger partial charge in [-0.2, -0.15) is 0 Å². The number of nitrogens with zero attached hydrogens (tertiary/aromatic N) is 2. The molecule has 0 unspecified atom stereocenters. The Hall–Kier alpha value is -1.91. The van der Waals surface area contributed by atoms with E-state index in [1.54, 1.807) is 7.11 Å². The molecule has 0 N–H and O–H groups in total. The van der Waals surface area contributed by atoms with Crippen LogP contribution in [0.1, 0.15) is 29.9 Å². The molecule has 0 spiro atoms. The topological polar surface area (TPSA) is 38.0 Å². The number of furan rings is 1. The number of likely N-dealkylation sites (tertiary alicyclic amines) is 1. The molecule has 0 amide bonds. The Morgan fingerprint density at radius 2 is 1.96 bits per heavy atom. The highest BCUT2D eigenvalue weighted by molar-refractivity contribution is 5.76. The first kappa shape index (κ1) is 16.0. The summed E-state index contributed by atoms with van der Waals surface area (Å²) in [6.45, 7) is 3.75. The molecule has 1 aromatic heterocycles. The number of hydrogen-bond donors (Lipinski definition) is 0. The van der Waals surface area contributed by atoms with Gasteiger partial charge in [0.1, 0.15) is 18.1 Å². The number of piperidine rings is 1. The number of aliphatic imine (C=N–C) groups is 1. The van der Waals surface area contributed by atoms with Crippen LogP contribution in [0.4, 0.5) is 0 Å². The minimum Gasteiger partial charge on any atom is -0.458 e. The average Bonchev–Trinajstić information content (AvgIpc) is 3.03. The third kappa shape index (κ3) is 4.78. The standard InChI is InChI=1S/C19H24N2O2/c1-22-15-19-8-7-18(23-19)13-20-17-9-11-21(12-10-17)14-16-5-3-2-4-6-16/h2-8,13,17H,9-12,14-15H2,1H3. The van der Waals surface area contributed by atoms with Crippen LogP contribution in [0, 0.1) is 0 Å². The van der Waals surface area contributed by atoms with Gasteiger partial charge in [-0.3, -0.25) is 9.89 Å². The molecule has 1 aliphatic heterocycles. The zero-order valence-electron chi connectivity index (χ0n) is 13.6. The van der Waals surface area contributed by atoms with Crippen molar-refractivity contribution in [1.29, 1.82) is 0 Å². The van der Waals surface area contributed by atoms with E-state index in [2.05, 4.69) is 40.2 Å². The van der Waals surface area contributed by atoms with Gasteiger partial charge in [-0.15, -0.1) is 0 Å². The van der Waals surface area contributed by atoms with Gasteiger partial charge in [0.15, 0.2) is 0 Å². The van der Waals surface area contributed by atoms with Gasteiger partial charge in [-0.1, -0.05) is 30.3 Å². The molecular formula is C19H24N2O2. The Kier molecular flexibility index (Phi) is 5.61. The summed E-state index contributed by atoms with van der Waals surface area (Å²) in [6.07, 6.45) is 4.07. The highest BCUT2D eigenvalue weighted by Crippen LogP contribution is 2.16. The lowest BCUT2D eigenvalue weighted by Gasteiger charge is -2.30. The number of benzene rings is 1. The van der Waals surface area contributed by atoms with Gasteiger partial charge in [0.2, 0.25) is 0 Å². The maximum Gasteiger partial charge on any atom is 0.144 e. The van der Waals surface area contributed by atoms with Crippen molar-refractivity contribution in [3.63, 3.8) is 0 Å². The SMILES string of the molecule is COCc1ccc(C=NC2CCN(Cc3ccccc3)CC2)o1. The highest BCUT2D eigenvalue weighted by Gasteiger charge is 2.18. The molecule has 0 bridgehead atoms. The summed E-state index contributed by atoms with van der Waals surface area (Å²) in [7, 11) is 1.67. The number of ether oxygens (including phenoxy) is 1. The fourth-order valence-corrected chi connectivity index (χ4v) is 2.93. The molecule has 122 valence electrons. The van der Waals surface area contributed by atoms with E-state index < -0.39 is 0 Å². The lowest BCUT2D eigenvalue weighted by Crippen LogP contribution is -2.34. The third-order valence-corrected chi connectivity index (χ3v) is 4.19. The summed E-state index contributed by atoms with van der Waals surface area (Å²) in [5.74, 6) is 1.65. The van der Waals surface area contributed by atoms with E-state index in [0.717, 1.165) is 44.0 Å². The zero-order valence-corrected chi connectivity index (χ0v) is 13.6. The van der Waals surface area contributed by atoms with Crippen molar-refractivity contribution < 1.29 is 9.15 Å². The lowest BCUT2D eigenvalue weighted by molar-refractivity contribution is 0.164. The molecule has 1 aliphatic rings. The molecule has 4 nitrogen and oxygen atoms in total. The van der Waals surface area contributed by atoms with Crippen molar-refractivity contribution in [3.05, 3.63) is 59.5 Å². The van der Waals surface area contributed by atoms with Crippen molar-refractivity contribution >= 4 is 6.21 Å². The van der Waals surface area contributed by atoms with Crippen LogP contribution in [-0.2, 0) is 17.9 Å². The second kappa shape index (κ2) is 8.09. The first-order valence-corrected chi connectivity index (χ1v) is 8.20. The molecule has 23 heavy (non-hydrogen) atoms. The van der Waals surface area contributed by atoms with Crippen LogP contribution in [0.5, 0.6) is 0 Å². The van der Waals surface area contributed by atoms with Crippen LogP contribution in [0.3, 0.4) is 0 Å². The van der Waals surface area contributed by atoms with Crippen molar-refractivity contribution in [1.82, 2.24) is 4.90 Å². The van der Waals surface area contributed by atoms with Crippen molar-refractivity contribution in [2.75, 3.05) is 20.2 Å². The van der Waals surface area contributed by atoms with Gasteiger partial charge in [-0.25, -0.2) is 0 Å². The number of rotatable bonds is 6. The lowest BCUT2D eigenvalue weighted by atomic mass is 10.0. The monoisotopic (exact) mass is 312 g/mol. The molecule has 1 fully saturated rings. The van der Waals surface area contributed by atoms with E-state index in [1.807, 2.05) is 18.3 Å². The van der Waals surface area contributed by atoms with Gasteiger partial charge in [0.25, 0.3) is 0 Å². The summed E-state index contributed by atoms with van der Waals surface area (Å²) < 4.78 is 10.7. The summed E-state index contributed by atoms with van der Waals surface area (Å²) in [5, 5.41) is 0. The Morgan fingerprint density at radius 1 is 1.17 bits per heavy atom. The van der Waals surface area contributed by atoms with Crippen LogP contribution in [-0.4, -0.2) is 37.4 Å². The molecule has 2 aromatic rings. The molecule has 0 aliphatic carbocycles. The first-order valence-electron chi connectivity index (χ1n) is 8.20. The van der Waals surface area contributed by atoms with E-state index in [1.165, 1.54) is 5.56 Å². The van der Waals surface area contributed by atoms with Crippen LogP contribution < -0.4 is 0 Å². The Labute approximate surface area is 137 Å². The quantitative estimate of drug-likeness (QED) is 0.766. The number of hydrogen-bond acceptors (Lipinski definition) is 4. The van der Waals surface area contributed by atoms with Crippen molar-refractivity contribution in [2.45, 2.75) is 32.0 Å². The maximum atomic E-state index is 5.63. The minimum absolute atomic E-state index is 0.401. The van der Waals surface area contributed by atoms with Gasteiger partial charge >= 0.3 is 0 Å². The van der Waals surface area contributed by atoms with Gasteiger partial charge in [0.05, 0.1) is 12.3 Å². The second-order valence-corrected chi connectivity index (χ2v) is 6.01. The predicted molar refractivity (Wildman–Crippen MR) is 91.8 cm³/mol. The smallest absolute Gasteiger partial charge is 0.144 e. The Balaban J connectivity index is 1.46. The average molecular weight is 312 g/mol. The maximum absolute atomic E-state index is 5.63.